The molecule has 6 rings (SSSR count). The molecule has 1 aromatic heterocycles. The van der Waals surface area contributed by atoms with E-state index in [1.54, 1.807) is 12.7 Å². The van der Waals surface area contributed by atoms with Crippen LogP contribution < -0.4 is 0 Å². The van der Waals surface area contributed by atoms with Gasteiger partial charge in [0, 0.05) is 31.5 Å². The van der Waals surface area contributed by atoms with Gasteiger partial charge in [0.05, 0.1) is 6.04 Å². The Kier molecular flexibility index (Phi) is 4.00. The minimum atomic E-state index is 0.279. The summed E-state index contributed by atoms with van der Waals surface area (Å²) in [6.07, 6.45) is 6.35. The number of aromatic nitrogens is 3. The Morgan fingerprint density at radius 2 is 1.77 bits per heavy atom. The van der Waals surface area contributed by atoms with Crippen LogP contribution in [0, 0.1) is 5.92 Å². The first kappa shape index (κ1) is 16.0. The predicted molar refractivity (Wildman–Crippen MR) is 97.4 cm³/mol. The number of piperidine rings is 3. The average Bonchev–Trinajstić information content (AvgIpc) is 3.37. The van der Waals surface area contributed by atoms with E-state index in [1.807, 2.05) is 4.57 Å². The molecule has 4 saturated heterocycles. The van der Waals surface area contributed by atoms with Crippen molar-refractivity contribution in [2.24, 2.45) is 5.92 Å². The molecule has 0 radical (unpaired) electrons. The fraction of sp³-hybridized carbons (Fsp3) is 0.550. The Morgan fingerprint density at radius 3 is 2.50 bits per heavy atom. The minimum absolute atomic E-state index is 0.279. The largest absolute Gasteiger partial charge is 0.337 e. The lowest BCUT2D eigenvalue weighted by Gasteiger charge is -2.51. The fourth-order valence-corrected chi connectivity index (χ4v) is 5.40. The highest BCUT2D eigenvalue weighted by molar-refractivity contribution is 5.77. The lowest BCUT2D eigenvalue weighted by Crippen LogP contribution is -2.60. The number of carbonyl (C=O) groups is 1. The first-order valence-electron chi connectivity index (χ1n) is 9.72. The zero-order valence-electron chi connectivity index (χ0n) is 14.9. The highest BCUT2D eigenvalue weighted by atomic mass is 16.2. The topological polar surface area (TPSA) is 54.3 Å². The molecule has 5 heterocycles. The van der Waals surface area contributed by atoms with Crippen molar-refractivity contribution in [3.05, 3.63) is 48.5 Å². The number of nitrogens with zero attached hydrogens (tertiary/aromatic N) is 5. The van der Waals surface area contributed by atoms with Crippen molar-refractivity contribution >= 4 is 5.91 Å². The molecule has 136 valence electrons. The monoisotopic (exact) mass is 351 g/mol. The summed E-state index contributed by atoms with van der Waals surface area (Å²) in [6.45, 7) is 3.90. The number of likely N-dealkylation sites (tertiary alicyclic amines) is 1. The van der Waals surface area contributed by atoms with Crippen molar-refractivity contribution in [3.8, 4) is 0 Å². The van der Waals surface area contributed by atoms with Gasteiger partial charge in [-0.05, 0) is 37.4 Å². The van der Waals surface area contributed by atoms with Crippen LogP contribution in [0.15, 0.2) is 43.0 Å². The van der Waals surface area contributed by atoms with E-state index in [2.05, 4.69) is 50.3 Å². The SMILES string of the molecule is O=C(CCn1cnnc1)N1C[C@@H](c2ccccc2)[C@@H]2[C@H]1C1CCN2CC1. The normalized spacial score (nSPS) is 32.6. The number of fused-ring (bicyclic) bond motifs is 2. The number of rotatable bonds is 4. The summed E-state index contributed by atoms with van der Waals surface area (Å²) in [6, 6.07) is 11.7. The number of benzene rings is 1. The molecule has 0 aliphatic carbocycles. The van der Waals surface area contributed by atoms with Crippen LogP contribution in [0.5, 0.6) is 0 Å². The summed E-state index contributed by atoms with van der Waals surface area (Å²) in [4.78, 5) is 18.0. The van der Waals surface area contributed by atoms with Gasteiger partial charge in [0.25, 0.3) is 0 Å². The maximum absolute atomic E-state index is 13.1. The van der Waals surface area contributed by atoms with Gasteiger partial charge < -0.3 is 9.47 Å². The van der Waals surface area contributed by atoms with Crippen LogP contribution in [-0.4, -0.2) is 62.2 Å². The molecule has 0 N–H and O–H groups in total. The first-order valence-corrected chi connectivity index (χ1v) is 9.72. The van der Waals surface area contributed by atoms with E-state index < -0.39 is 0 Å². The summed E-state index contributed by atoms with van der Waals surface area (Å²) < 4.78 is 1.89. The molecule has 2 bridgehead atoms. The zero-order chi connectivity index (χ0) is 17.5. The molecule has 0 spiro atoms. The van der Waals surface area contributed by atoms with E-state index in [-0.39, 0.29) is 5.91 Å². The predicted octanol–water partition coefficient (Wildman–Crippen LogP) is 1.76. The van der Waals surface area contributed by atoms with Gasteiger partial charge in [-0.25, -0.2) is 0 Å². The molecule has 1 amide bonds. The molecule has 4 fully saturated rings. The van der Waals surface area contributed by atoms with E-state index in [4.69, 9.17) is 0 Å². The number of carbonyl (C=O) groups excluding carboxylic acids is 1. The van der Waals surface area contributed by atoms with Crippen LogP contribution in [0.4, 0.5) is 0 Å². The second-order valence-corrected chi connectivity index (χ2v) is 7.87. The van der Waals surface area contributed by atoms with Gasteiger partial charge in [-0.15, -0.1) is 10.2 Å². The van der Waals surface area contributed by atoms with Gasteiger partial charge in [-0.2, -0.15) is 0 Å². The molecule has 4 aliphatic rings. The van der Waals surface area contributed by atoms with Crippen molar-refractivity contribution < 1.29 is 4.79 Å². The quantitative estimate of drug-likeness (QED) is 0.842. The van der Waals surface area contributed by atoms with Gasteiger partial charge in [0.15, 0.2) is 0 Å². The fourth-order valence-electron chi connectivity index (χ4n) is 5.40. The van der Waals surface area contributed by atoms with Crippen molar-refractivity contribution in [2.75, 3.05) is 19.6 Å². The molecule has 0 saturated carbocycles. The van der Waals surface area contributed by atoms with E-state index in [9.17, 15) is 4.79 Å². The lowest BCUT2D eigenvalue weighted by molar-refractivity contribution is -0.136. The van der Waals surface area contributed by atoms with Crippen molar-refractivity contribution in [2.45, 2.75) is 43.8 Å². The standard InChI is InChI=1S/C20H25N5O/c26-18(8-9-23-13-21-22-14-23)25-12-17(15-4-2-1-3-5-15)20-19(25)16-6-10-24(20)11-7-16/h1-5,13-14,16-17,19-20H,6-12H2/t17-,19+,20+/m0/s1. The Balaban J connectivity index is 1.40. The number of hydrogen-bond acceptors (Lipinski definition) is 4. The smallest absolute Gasteiger partial charge is 0.224 e. The molecule has 0 unspecified atom stereocenters. The number of aryl methyl sites for hydroxylation is 1. The van der Waals surface area contributed by atoms with Crippen molar-refractivity contribution in [1.82, 2.24) is 24.6 Å². The van der Waals surface area contributed by atoms with Crippen LogP contribution in [0.3, 0.4) is 0 Å². The molecule has 6 nitrogen and oxygen atoms in total. The number of hydrogen-bond donors (Lipinski definition) is 0. The molecule has 3 atom stereocenters. The molecule has 4 aliphatic heterocycles. The van der Waals surface area contributed by atoms with Gasteiger partial charge in [-0.1, -0.05) is 30.3 Å². The molecular formula is C20H25N5O. The summed E-state index contributed by atoms with van der Waals surface area (Å²) in [5, 5.41) is 7.65. The third-order valence-corrected chi connectivity index (χ3v) is 6.59. The minimum Gasteiger partial charge on any atom is -0.337 e. The summed E-state index contributed by atoms with van der Waals surface area (Å²) in [7, 11) is 0. The average molecular weight is 351 g/mol. The van der Waals surface area contributed by atoms with E-state index in [0.29, 0.717) is 36.9 Å². The maximum atomic E-state index is 13.1. The van der Waals surface area contributed by atoms with E-state index in [1.165, 1.54) is 31.5 Å². The van der Waals surface area contributed by atoms with Gasteiger partial charge in [0.1, 0.15) is 12.7 Å². The Bertz CT molecular complexity index is 754. The summed E-state index contributed by atoms with van der Waals surface area (Å²) in [5.41, 5.74) is 1.38. The van der Waals surface area contributed by atoms with Crippen molar-refractivity contribution in [3.63, 3.8) is 0 Å². The van der Waals surface area contributed by atoms with Gasteiger partial charge in [-0.3, -0.25) is 9.69 Å². The highest BCUT2D eigenvalue weighted by Crippen LogP contribution is 2.46. The molecular weight excluding hydrogens is 326 g/mol. The zero-order valence-corrected chi connectivity index (χ0v) is 14.9. The van der Waals surface area contributed by atoms with Crippen molar-refractivity contribution in [1.29, 1.82) is 0 Å². The Labute approximate surface area is 153 Å². The molecule has 6 heteroatoms. The number of amides is 1. The van der Waals surface area contributed by atoms with Crippen LogP contribution in [0.1, 0.15) is 30.7 Å². The Hall–Kier alpha value is -2.21. The molecule has 2 aromatic rings. The lowest BCUT2D eigenvalue weighted by atomic mass is 9.75. The van der Waals surface area contributed by atoms with Crippen LogP contribution >= 0.6 is 0 Å². The van der Waals surface area contributed by atoms with Gasteiger partial charge in [0.2, 0.25) is 5.91 Å². The van der Waals surface area contributed by atoms with Crippen LogP contribution in [-0.2, 0) is 11.3 Å². The summed E-state index contributed by atoms with van der Waals surface area (Å²) >= 11 is 0. The van der Waals surface area contributed by atoms with Crippen LogP contribution in [0.25, 0.3) is 0 Å². The molecule has 26 heavy (non-hydrogen) atoms. The maximum Gasteiger partial charge on any atom is 0.224 e. The molecule has 1 aromatic carbocycles. The van der Waals surface area contributed by atoms with Crippen LogP contribution in [0.2, 0.25) is 0 Å². The van der Waals surface area contributed by atoms with E-state index in [0.717, 1.165) is 6.54 Å². The second-order valence-electron chi connectivity index (χ2n) is 7.87. The Morgan fingerprint density at radius 1 is 1.04 bits per heavy atom. The van der Waals surface area contributed by atoms with Gasteiger partial charge >= 0.3 is 0 Å². The van der Waals surface area contributed by atoms with E-state index >= 15 is 0 Å². The highest BCUT2D eigenvalue weighted by Gasteiger charge is 2.54. The summed E-state index contributed by atoms with van der Waals surface area (Å²) in [5.74, 6) is 1.38. The first-order chi connectivity index (χ1) is 12.8. The third kappa shape index (κ3) is 2.63. The second kappa shape index (κ2) is 6.50. The third-order valence-electron chi connectivity index (χ3n) is 6.59.